The highest BCUT2D eigenvalue weighted by Gasteiger charge is 2.33. The second-order valence-electron chi connectivity index (χ2n) is 4.91. The van der Waals surface area contributed by atoms with Crippen LogP contribution in [0.2, 0.25) is 0 Å². The van der Waals surface area contributed by atoms with E-state index in [-0.39, 0.29) is 28.0 Å². The van der Waals surface area contributed by atoms with Crippen LogP contribution in [0.25, 0.3) is 0 Å². The van der Waals surface area contributed by atoms with Crippen LogP contribution in [-0.4, -0.2) is 28.9 Å². The Morgan fingerprint density at radius 1 is 0.905 bits per heavy atom. The first-order valence-corrected chi connectivity index (χ1v) is 6.28. The van der Waals surface area contributed by atoms with E-state index >= 15 is 0 Å². The fraction of sp³-hybridized carbons (Fsp3) is 0.125. The number of carbonyl (C=O) groups excluding carboxylic acids is 2. The molecule has 106 valence electrons. The fourth-order valence-corrected chi connectivity index (χ4v) is 2.59. The molecule has 3 rings (SSSR count). The molecule has 21 heavy (non-hydrogen) atoms. The van der Waals surface area contributed by atoms with Crippen LogP contribution in [0.1, 0.15) is 37.4 Å². The molecule has 2 aromatic rings. The first kappa shape index (κ1) is 13.2. The topological polar surface area (TPSA) is 83.8 Å². The smallest absolute Gasteiger partial charge is 0.198 e. The summed E-state index contributed by atoms with van der Waals surface area (Å²) in [5, 5.41) is 19.4. The van der Waals surface area contributed by atoms with Crippen molar-refractivity contribution in [2.45, 2.75) is 6.92 Å². The van der Waals surface area contributed by atoms with Crippen molar-refractivity contribution in [3.8, 4) is 17.2 Å². The average molecular weight is 284 g/mol. The lowest BCUT2D eigenvalue weighted by atomic mass is 9.82. The third-order valence-corrected chi connectivity index (χ3v) is 3.60. The van der Waals surface area contributed by atoms with Gasteiger partial charge >= 0.3 is 0 Å². The zero-order valence-electron chi connectivity index (χ0n) is 11.4. The van der Waals surface area contributed by atoms with Gasteiger partial charge in [0.05, 0.1) is 12.7 Å². The van der Waals surface area contributed by atoms with E-state index in [2.05, 4.69) is 0 Å². The summed E-state index contributed by atoms with van der Waals surface area (Å²) >= 11 is 0. The van der Waals surface area contributed by atoms with Crippen LogP contribution in [0.4, 0.5) is 0 Å². The lowest BCUT2D eigenvalue weighted by Gasteiger charge is -2.20. The van der Waals surface area contributed by atoms with E-state index in [1.165, 1.54) is 19.2 Å². The maximum absolute atomic E-state index is 12.5. The number of aryl methyl sites for hydroxylation is 1. The Labute approximate surface area is 120 Å². The molecule has 0 aliphatic heterocycles. The molecule has 0 fully saturated rings. The molecule has 0 bridgehead atoms. The summed E-state index contributed by atoms with van der Waals surface area (Å²) in [5.41, 5.74) is 1.09. The van der Waals surface area contributed by atoms with Crippen LogP contribution in [0.15, 0.2) is 24.3 Å². The lowest BCUT2D eigenvalue weighted by Crippen LogP contribution is -2.21. The number of ketones is 2. The number of hydrogen-bond acceptors (Lipinski definition) is 5. The van der Waals surface area contributed by atoms with Gasteiger partial charge in [0.2, 0.25) is 0 Å². The highest BCUT2D eigenvalue weighted by atomic mass is 16.5. The Balaban J connectivity index is 2.33. The van der Waals surface area contributed by atoms with Gasteiger partial charge in [-0.05, 0) is 30.7 Å². The number of phenolic OH excluding ortho intramolecular Hbond substituents is 2. The van der Waals surface area contributed by atoms with Crippen molar-refractivity contribution in [2.24, 2.45) is 0 Å². The van der Waals surface area contributed by atoms with Crippen LogP contribution in [0.3, 0.4) is 0 Å². The van der Waals surface area contributed by atoms with Crippen LogP contribution >= 0.6 is 0 Å². The Hall–Kier alpha value is -2.82. The first-order valence-electron chi connectivity index (χ1n) is 6.28. The predicted molar refractivity (Wildman–Crippen MR) is 74.4 cm³/mol. The number of ether oxygens (including phenoxy) is 1. The summed E-state index contributed by atoms with van der Waals surface area (Å²) in [6.45, 7) is 1.77. The van der Waals surface area contributed by atoms with Crippen molar-refractivity contribution in [2.75, 3.05) is 7.11 Å². The SMILES string of the molecule is COc1cc2c(cc1C)C(=O)c1cc(O)cc(O)c1C2=O. The van der Waals surface area contributed by atoms with Gasteiger partial charge in [-0.25, -0.2) is 0 Å². The van der Waals surface area contributed by atoms with E-state index in [1.54, 1.807) is 13.0 Å². The Kier molecular flexibility index (Phi) is 2.73. The van der Waals surface area contributed by atoms with Gasteiger partial charge < -0.3 is 14.9 Å². The third kappa shape index (κ3) is 1.78. The van der Waals surface area contributed by atoms with Gasteiger partial charge in [-0.3, -0.25) is 9.59 Å². The van der Waals surface area contributed by atoms with E-state index in [4.69, 9.17) is 4.74 Å². The van der Waals surface area contributed by atoms with Gasteiger partial charge in [0.15, 0.2) is 11.6 Å². The highest BCUT2D eigenvalue weighted by molar-refractivity contribution is 6.29. The molecule has 0 radical (unpaired) electrons. The van der Waals surface area contributed by atoms with Gasteiger partial charge in [-0.15, -0.1) is 0 Å². The molecule has 0 unspecified atom stereocenters. The minimum atomic E-state index is -0.463. The van der Waals surface area contributed by atoms with Crippen LogP contribution < -0.4 is 4.74 Å². The molecule has 5 nitrogen and oxygen atoms in total. The van der Waals surface area contributed by atoms with Gasteiger partial charge in [-0.2, -0.15) is 0 Å². The van der Waals surface area contributed by atoms with Crippen molar-refractivity contribution < 1.29 is 24.5 Å². The number of rotatable bonds is 1. The number of fused-ring (bicyclic) bond motifs is 2. The molecule has 1 aliphatic rings. The van der Waals surface area contributed by atoms with E-state index in [9.17, 15) is 19.8 Å². The minimum absolute atomic E-state index is 0.00886. The van der Waals surface area contributed by atoms with Crippen LogP contribution in [0.5, 0.6) is 17.2 Å². The number of hydrogen-bond donors (Lipinski definition) is 2. The van der Waals surface area contributed by atoms with Gasteiger partial charge in [-0.1, -0.05) is 0 Å². The van der Waals surface area contributed by atoms with Crippen molar-refractivity contribution in [3.63, 3.8) is 0 Å². The van der Waals surface area contributed by atoms with Crippen LogP contribution in [-0.2, 0) is 0 Å². The van der Waals surface area contributed by atoms with Crippen LogP contribution in [0, 0.1) is 6.92 Å². The largest absolute Gasteiger partial charge is 0.508 e. The van der Waals surface area contributed by atoms with E-state index < -0.39 is 17.3 Å². The standard InChI is InChI=1S/C16H12O5/c1-7-3-9-10(6-13(7)21-2)16(20)14-11(15(9)19)4-8(17)5-12(14)18/h3-6,17-18H,1-2H3. The van der Waals surface area contributed by atoms with Crippen molar-refractivity contribution in [3.05, 3.63) is 52.1 Å². The van der Waals surface area contributed by atoms with E-state index in [0.717, 1.165) is 11.6 Å². The monoisotopic (exact) mass is 284 g/mol. The van der Waals surface area contributed by atoms with Gasteiger partial charge in [0, 0.05) is 22.8 Å². The quantitative estimate of drug-likeness (QED) is 0.715. The first-order chi connectivity index (χ1) is 9.93. The molecule has 0 spiro atoms. The Morgan fingerprint density at radius 2 is 1.57 bits per heavy atom. The van der Waals surface area contributed by atoms with Crippen molar-refractivity contribution in [1.82, 2.24) is 0 Å². The van der Waals surface area contributed by atoms with E-state index in [1.807, 2.05) is 0 Å². The summed E-state index contributed by atoms with van der Waals surface area (Å²) in [6.07, 6.45) is 0. The molecule has 0 saturated carbocycles. The number of carbonyl (C=O) groups is 2. The van der Waals surface area contributed by atoms with Crippen molar-refractivity contribution >= 4 is 11.6 Å². The maximum Gasteiger partial charge on any atom is 0.198 e. The zero-order chi connectivity index (χ0) is 15.3. The van der Waals surface area contributed by atoms with E-state index in [0.29, 0.717) is 5.75 Å². The Bertz CT molecular complexity index is 805. The normalized spacial score (nSPS) is 12.9. The molecule has 2 N–H and O–H groups in total. The summed E-state index contributed by atoms with van der Waals surface area (Å²) in [5.74, 6) is -1.04. The van der Waals surface area contributed by atoms with Gasteiger partial charge in [0.1, 0.15) is 17.2 Å². The second-order valence-corrected chi connectivity index (χ2v) is 4.91. The molecule has 5 heteroatoms. The minimum Gasteiger partial charge on any atom is -0.508 e. The third-order valence-electron chi connectivity index (χ3n) is 3.60. The molecule has 0 saturated heterocycles. The second kappa shape index (κ2) is 4.34. The molecule has 0 heterocycles. The average Bonchev–Trinajstić information content (AvgIpc) is 2.43. The highest BCUT2D eigenvalue weighted by Crippen LogP contribution is 2.37. The summed E-state index contributed by atoms with van der Waals surface area (Å²) in [7, 11) is 1.48. The number of phenols is 2. The maximum atomic E-state index is 12.5. The predicted octanol–water partition coefficient (Wildman–Crippen LogP) is 2.19. The molecule has 0 aromatic heterocycles. The summed E-state index contributed by atoms with van der Waals surface area (Å²) in [4.78, 5) is 25.0. The summed E-state index contributed by atoms with van der Waals surface area (Å²) in [6, 6.07) is 5.32. The molecular weight excluding hydrogens is 272 g/mol. The lowest BCUT2D eigenvalue weighted by molar-refractivity contribution is 0.0976. The molecule has 0 amide bonds. The number of aromatic hydroxyl groups is 2. The molecule has 0 atom stereocenters. The Morgan fingerprint density at radius 3 is 2.24 bits per heavy atom. The molecule has 1 aliphatic carbocycles. The number of benzene rings is 2. The summed E-state index contributed by atoms with van der Waals surface area (Å²) < 4.78 is 5.17. The van der Waals surface area contributed by atoms with Gasteiger partial charge in [0.25, 0.3) is 0 Å². The number of methoxy groups -OCH3 is 1. The molecular formula is C16H12O5. The van der Waals surface area contributed by atoms with Crippen molar-refractivity contribution in [1.29, 1.82) is 0 Å². The molecule has 2 aromatic carbocycles. The fourth-order valence-electron chi connectivity index (χ4n) is 2.59. The zero-order valence-corrected chi connectivity index (χ0v) is 11.4.